The second-order valence-electron chi connectivity index (χ2n) is 8.25. The predicted octanol–water partition coefficient (Wildman–Crippen LogP) is 3.54. The van der Waals surface area contributed by atoms with E-state index in [1.165, 1.54) is 3.97 Å². The summed E-state index contributed by atoms with van der Waals surface area (Å²) in [5.41, 5.74) is 2.66. The predicted molar refractivity (Wildman–Crippen MR) is 117 cm³/mol. The Morgan fingerprint density at radius 3 is 2.61 bits per heavy atom. The minimum absolute atomic E-state index is 0.200. The van der Waals surface area contributed by atoms with Crippen molar-refractivity contribution < 1.29 is 13.2 Å². The van der Waals surface area contributed by atoms with Gasteiger partial charge in [0.25, 0.3) is 10.0 Å². The van der Waals surface area contributed by atoms with Gasteiger partial charge in [0.1, 0.15) is 5.82 Å². The summed E-state index contributed by atoms with van der Waals surface area (Å²) in [5.74, 6) is 1.49. The first kappa shape index (κ1) is 20.1. The van der Waals surface area contributed by atoms with Crippen LogP contribution in [0.5, 0.6) is 0 Å². The van der Waals surface area contributed by atoms with Gasteiger partial charge < -0.3 is 4.74 Å². The van der Waals surface area contributed by atoms with Crippen molar-refractivity contribution in [2.24, 2.45) is 5.92 Å². The molecule has 1 aliphatic rings. The molecular formula is C22H25N5O3S. The molecule has 0 bridgehead atoms. The molecule has 8 nitrogen and oxygen atoms in total. The molecule has 1 saturated carbocycles. The van der Waals surface area contributed by atoms with E-state index in [9.17, 15) is 8.42 Å². The lowest BCUT2D eigenvalue weighted by atomic mass is 9.93. The van der Waals surface area contributed by atoms with Gasteiger partial charge in [0, 0.05) is 19.2 Å². The van der Waals surface area contributed by atoms with E-state index < -0.39 is 10.0 Å². The molecule has 1 aromatic carbocycles. The van der Waals surface area contributed by atoms with Gasteiger partial charge >= 0.3 is 0 Å². The number of hydrogen-bond acceptors (Lipinski definition) is 6. The zero-order chi connectivity index (χ0) is 21.8. The first-order valence-corrected chi connectivity index (χ1v) is 11.9. The average Bonchev–Trinajstić information content (AvgIpc) is 3.48. The number of rotatable bonds is 5. The standard InChI is InChI=1S/C22H25N5O3S/c1-4-15-11-16(30-3)12-18(15)21-25-24-20-13-23-22-19(27(20)21)9-10-26(22)31(28,29)17-7-5-14(2)6-8-17/h5-10,13,15-16,18H,4,11-12H2,1-3H3. The van der Waals surface area contributed by atoms with E-state index in [2.05, 4.69) is 22.1 Å². The largest absolute Gasteiger partial charge is 0.381 e. The molecule has 4 aromatic rings. The minimum atomic E-state index is -3.77. The Morgan fingerprint density at radius 2 is 1.90 bits per heavy atom. The zero-order valence-corrected chi connectivity index (χ0v) is 18.6. The maximum Gasteiger partial charge on any atom is 0.269 e. The summed E-state index contributed by atoms with van der Waals surface area (Å²) < 4.78 is 35.4. The Balaban J connectivity index is 1.66. The van der Waals surface area contributed by atoms with Gasteiger partial charge in [0.2, 0.25) is 0 Å². The van der Waals surface area contributed by atoms with Crippen molar-refractivity contribution in [1.29, 1.82) is 0 Å². The zero-order valence-electron chi connectivity index (χ0n) is 17.8. The number of ether oxygens (including phenoxy) is 1. The molecule has 0 aliphatic heterocycles. The molecule has 0 radical (unpaired) electrons. The Bertz CT molecular complexity index is 1360. The molecule has 3 unspecified atom stereocenters. The van der Waals surface area contributed by atoms with Gasteiger partial charge in [0.05, 0.1) is 22.7 Å². The maximum atomic E-state index is 13.3. The number of benzene rings is 1. The van der Waals surface area contributed by atoms with Crippen LogP contribution in [0.1, 0.15) is 43.5 Å². The van der Waals surface area contributed by atoms with E-state index in [0.29, 0.717) is 22.7 Å². The Kier molecular flexibility index (Phi) is 4.82. The molecule has 0 saturated heterocycles. The fourth-order valence-electron chi connectivity index (χ4n) is 4.74. The minimum Gasteiger partial charge on any atom is -0.381 e. The molecule has 3 atom stereocenters. The third-order valence-electron chi connectivity index (χ3n) is 6.48. The molecule has 3 heterocycles. The number of fused-ring (bicyclic) bond motifs is 3. The smallest absolute Gasteiger partial charge is 0.269 e. The molecule has 1 fully saturated rings. The summed E-state index contributed by atoms with van der Waals surface area (Å²) in [6.45, 7) is 4.11. The average molecular weight is 440 g/mol. The SMILES string of the molecule is CCC1CC(OC)CC1c1nnc2cnc3c(ccn3S(=O)(=O)c3ccc(C)cc3)n12. The van der Waals surface area contributed by atoms with Crippen LogP contribution in [0.15, 0.2) is 47.6 Å². The summed E-state index contributed by atoms with van der Waals surface area (Å²) in [6.07, 6.45) is 6.23. The van der Waals surface area contributed by atoms with Gasteiger partial charge in [-0.15, -0.1) is 10.2 Å². The second-order valence-corrected chi connectivity index (χ2v) is 10.1. The molecule has 162 valence electrons. The fourth-order valence-corrected chi connectivity index (χ4v) is 6.04. The quantitative estimate of drug-likeness (QED) is 0.472. The van der Waals surface area contributed by atoms with Crippen molar-refractivity contribution in [1.82, 2.24) is 23.6 Å². The summed E-state index contributed by atoms with van der Waals surface area (Å²) in [5, 5.41) is 8.82. The third-order valence-corrected chi connectivity index (χ3v) is 8.16. The monoisotopic (exact) mass is 439 g/mol. The highest BCUT2D eigenvalue weighted by molar-refractivity contribution is 7.90. The molecular weight excluding hydrogens is 414 g/mol. The summed E-state index contributed by atoms with van der Waals surface area (Å²) >= 11 is 0. The van der Waals surface area contributed by atoms with E-state index in [4.69, 9.17) is 4.74 Å². The first-order chi connectivity index (χ1) is 14.9. The molecule has 0 spiro atoms. The van der Waals surface area contributed by atoms with Crippen molar-refractivity contribution >= 4 is 26.8 Å². The number of nitrogens with zero attached hydrogens (tertiary/aromatic N) is 5. The van der Waals surface area contributed by atoms with Crippen LogP contribution in [0.25, 0.3) is 16.8 Å². The van der Waals surface area contributed by atoms with Crippen molar-refractivity contribution in [3.63, 3.8) is 0 Å². The van der Waals surface area contributed by atoms with E-state index in [-0.39, 0.29) is 16.9 Å². The Labute approximate surface area is 180 Å². The first-order valence-electron chi connectivity index (χ1n) is 10.5. The number of aromatic nitrogens is 5. The van der Waals surface area contributed by atoms with Crippen molar-refractivity contribution in [2.45, 2.75) is 50.0 Å². The maximum absolute atomic E-state index is 13.3. The van der Waals surface area contributed by atoms with Gasteiger partial charge in [-0.2, -0.15) is 0 Å². The lowest BCUT2D eigenvalue weighted by Gasteiger charge is -2.16. The van der Waals surface area contributed by atoms with Crippen LogP contribution in [0.4, 0.5) is 0 Å². The summed E-state index contributed by atoms with van der Waals surface area (Å²) in [6, 6.07) is 8.60. The number of aryl methyl sites for hydroxylation is 1. The summed E-state index contributed by atoms with van der Waals surface area (Å²) in [7, 11) is -2.02. The highest BCUT2D eigenvalue weighted by Crippen LogP contribution is 2.42. The molecule has 0 amide bonds. The van der Waals surface area contributed by atoms with Crippen LogP contribution in [0.3, 0.4) is 0 Å². The fraction of sp³-hybridized carbons (Fsp3) is 0.409. The van der Waals surface area contributed by atoms with Crippen LogP contribution < -0.4 is 0 Å². The molecule has 31 heavy (non-hydrogen) atoms. The topological polar surface area (TPSA) is 91.4 Å². The lowest BCUT2D eigenvalue weighted by Crippen LogP contribution is -2.13. The van der Waals surface area contributed by atoms with Crippen LogP contribution >= 0.6 is 0 Å². The van der Waals surface area contributed by atoms with Crippen LogP contribution in [0.2, 0.25) is 0 Å². The Morgan fingerprint density at radius 1 is 1.13 bits per heavy atom. The van der Waals surface area contributed by atoms with E-state index in [1.54, 1.807) is 49.8 Å². The molecule has 5 rings (SSSR count). The third kappa shape index (κ3) is 3.14. The molecule has 1 aliphatic carbocycles. The van der Waals surface area contributed by atoms with Gasteiger partial charge in [0.15, 0.2) is 11.3 Å². The van der Waals surface area contributed by atoms with E-state index in [1.807, 2.05) is 11.3 Å². The van der Waals surface area contributed by atoms with Crippen molar-refractivity contribution in [3.8, 4) is 0 Å². The normalized spacial score (nSPS) is 22.0. The Hall–Kier alpha value is -2.78. The van der Waals surface area contributed by atoms with E-state index in [0.717, 1.165) is 30.7 Å². The number of hydrogen-bond donors (Lipinski definition) is 0. The molecule has 9 heteroatoms. The summed E-state index contributed by atoms with van der Waals surface area (Å²) in [4.78, 5) is 4.65. The van der Waals surface area contributed by atoms with Crippen molar-refractivity contribution in [2.75, 3.05) is 7.11 Å². The van der Waals surface area contributed by atoms with Crippen LogP contribution in [-0.4, -0.2) is 45.2 Å². The van der Waals surface area contributed by atoms with E-state index >= 15 is 0 Å². The van der Waals surface area contributed by atoms with Crippen LogP contribution in [0, 0.1) is 12.8 Å². The second kappa shape index (κ2) is 7.42. The van der Waals surface area contributed by atoms with Gasteiger partial charge in [-0.25, -0.2) is 17.4 Å². The lowest BCUT2D eigenvalue weighted by molar-refractivity contribution is 0.104. The van der Waals surface area contributed by atoms with Gasteiger partial charge in [-0.1, -0.05) is 31.0 Å². The van der Waals surface area contributed by atoms with Crippen molar-refractivity contribution in [3.05, 3.63) is 54.1 Å². The van der Waals surface area contributed by atoms with Gasteiger partial charge in [-0.3, -0.25) is 4.40 Å². The highest BCUT2D eigenvalue weighted by Gasteiger charge is 2.37. The van der Waals surface area contributed by atoms with Crippen LogP contribution in [-0.2, 0) is 14.8 Å². The molecule has 0 N–H and O–H groups in total. The molecule has 3 aromatic heterocycles. The van der Waals surface area contributed by atoms with Gasteiger partial charge in [-0.05, 0) is 43.9 Å². The number of methoxy groups -OCH3 is 1. The highest BCUT2D eigenvalue weighted by atomic mass is 32.2.